The fourth-order valence-corrected chi connectivity index (χ4v) is 7.83. The Morgan fingerprint density at radius 3 is 2.49 bits per heavy atom. The average Bonchev–Trinajstić information content (AvgIpc) is 3.16. The van der Waals surface area contributed by atoms with E-state index >= 15 is 0 Å². The zero-order chi connectivity index (χ0) is 25.5. The van der Waals surface area contributed by atoms with Gasteiger partial charge in [0.1, 0.15) is 0 Å². The number of piperidine rings is 1. The molecule has 0 aromatic rings. The maximum Gasteiger partial charge on any atom is 0.391 e. The maximum absolute atomic E-state index is 13.1. The van der Waals surface area contributed by atoms with Gasteiger partial charge in [-0.25, -0.2) is 0 Å². The van der Waals surface area contributed by atoms with E-state index in [1.54, 1.807) is 0 Å². The number of rotatable bonds is 4. The molecular weight excluding hydrogens is 451 g/mol. The largest absolute Gasteiger partial charge is 0.392 e. The van der Waals surface area contributed by atoms with Crippen molar-refractivity contribution in [2.75, 3.05) is 19.6 Å². The Hall–Kier alpha value is -1.11. The van der Waals surface area contributed by atoms with Crippen LogP contribution in [0, 0.1) is 35.0 Å². The van der Waals surface area contributed by atoms with Crippen LogP contribution in [0.3, 0.4) is 0 Å². The quantitative estimate of drug-likeness (QED) is 0.482. The van der Waals surface area contributed by atoms with Crippen LogP contribution in [-0.4, -0.2) is 53.1 Å². The first-order valence-electron chi connectivity index (χ1n) is 13.7. The second-order valence-electron chi connectivity index (χ2n) is 12.2. The number of fused-ring (bicyclic) bond motifs is 1. The standard InChI is InChI=1S/C29H44F3NO2/c1-18(17-33-14-11-23(12-15-33)29(30,31)32)24-9-10-25-21(6-5-13-28(24,25)4)7-8-22-16-26(34)20(3)27(35)19(22)2/h7-8,18,20,23-27,34-35H,2,5-6,9-17H2,1,3-4H3/b21-7+,22-8-/t18-,20-,24+,25-,26+,27+,28+/m0/s1. The lowest BCUT2D eigenvalue weighted by molar-refractivity contribution is -0.185. The molecule has 0 radical (unpaired) electrons. The Bertz CT molecular complexity index is 841. The van der Waals surface area contributed by atoms with Gasteiger partial charge in [-0.15, -0.1) is 0 Å². The molecule has 2 N–H and O–H groups in total. The van der Waals surface area contributed by atoms with E-state index < -0.39 is 24.3 Å². The van der Waals surface area contributed by atoms with E-state index in [0.717, 1.165) is 30.5 Å². The van der Waals surface area contributed by atoms with Crippen molar-refractivity contribution in [1.82, 2.24) is 4.90 Å². The molecule has 1 aliphatic heterocycles. The first-order valence-corrected chi connectivity index (χ1v) is 13.7. The summed E-state index contributed by atoms with van der Waals surface area (Å²) in [7, 11) is 0. The Balaban J connectivity index is 1.41. The summed E-state index contributed by atoms with van der Waals surface area (Å²) in [5.41, 5.74) is 3.38. The Morgan fingerprint density at radius 1 is 1.14 bits per heavy atom. The molecule has 7 atom stereocenters. The zero-order valence-electron chi connectivity index (χ0n) is 21.7. The molecule has 4 rings (SSSR count). The van der Waals surface area contributed by atoms with Crippen molar-refractivity contribution in [2.24, 2.45) is 35.0 Å². The van der Waals surface area contributed by atoms with Gasteiger partial charge in [-0.3, -0.25) is 0 Å². The second-order valence-corrected chi connectivity index (χ2v) is 12.2. The van der Waals surface area contributed by atoms with Crippen molar-refractivity contribution in [3.05, 3.63) is 35.5 Å². The molecule has 0 aromatic carbocycles. The molecular formula is C29H44F3NO2. The number of halogens is 3. The summed E-state index contributed by atoms with van der Waals surface area (Å²) in [6.07, 6.45) is 5.83. The van der Waals surface area contributed by atoms with Crippen LogP contribution in [-0.2, 0) is 0 Å². The molecule has 0 amide bonds. The summed E-state index contributed by atoms with van der Waals surface area (Å²) in [5, 5.41) is 20.7. The summed E-state index contributed by atoms with van der Waals surface area (Å²) in [4.78, 5) is 2.26. The van der Waals surface area contributed by atoms with E-state index in [1.807, 2.05) is 6.92 Å². The van der Waals surface area contributed by atoms with Crippen LogP contribution in [0.15, 0.2) is 35.5 Å². The minimum atomic E-state index is -4.05. The minimum absolute atomic E-state index is 0.193. The van der Waals surface area contributed by atoms with Crippen LogP contribution in [0.2, 0.25) is 0 Å². The third-order valence-corrected chi connectivity index (χ3v) is 10.1. The predicted octanol–water partition coefficient (Wildman–Crippen LogP) is 6.28. The Morgan fingerprint density at radius 2 is 1.83 bits per heavy atom. The van der Waals surface area contributed by atoms with Crippen LogP contribution in [0.4, 0.5) is 13.2 Å². The number of hydrogen-bond donors (Lipinski definition) is 2. The van der Waals surface area contributed by atoms with Crippen molar-refractivity contribution in [3.8, 4) is 0 Å². The molecule has 0 unspecified atom stereocenters. The predicted molar refractivity (Wildman–Crippen MR) is 134 cm³/mol. The summed E-state index contributed by atoms with van der Waals surface area (Å²) in [6, 6.07) is 0. The van der Waals surface area contributed by atoms with Gasteiger partial charge in [0.15, 0.2) is 0 Å². The van der Waals surface area contributed by atoms with Crippen LogP contribution < -0.4 is 0 Å². The third-order valence-electron chi connectivity index (χ3n) is 10.1. The van der Waals surface area contributed by atoms with Gasteiger partial charge < -0.3 is 15.1 Å². The smallest absolute Gasteiger partial charge is 0.391 e. The fourth-order valence-electron chi connectivity index (χ4n) is 7.83. The van der Waals surface area contributed by atoms with Crippen LogP contribution in [0.1, 0.15) is 72.1 Å². The minimum Gasteiger partial charge on any atom is -0.392 e. The lowest BCUT2D eigenvalue weighted by Crippen LogP contribution is -2.44. The van der Waals surface area contributed by atoms with Gasteiger partial charge in [-0.1, -0.05) is 45.1 Å². The van der Waals surface area contributed by atoms with Crippen molar-refractivity contribution < 1.29 is 23.4 Å². The lowest BCUT2D eigenvalue weighted by Gasteiger charge is -2.45. The number of allylic oxidation sites excluding steroid dienone is 3. The average molecular weight is 496 g/mol. The molecule has 6 heteroatoms. The molecule has 0 bridgehead atoms. The summed E-state index contributed by atoms with van der Waals surface area (Å²) in [6.45, 7) is 12.7. The molecule has 3 aliphatic carbocycles. The van der Waals surface area contributed by atoms with E-state index in [9.17, 15) is 23.4 Å². The Labute approximate surface area is 209 Å². The molecule has 1 heterocycles. The van der Waals surface area contributed by atoms with Gasteiger partial charge in [-0.05, 0) is 98.8 Å². The Kier molecular flexibility index (Phi) is 7.95. The number of alkyl halides is 3. The summed E-state index contributed by atoms with van der Waals surface area (Å²) in [5.74, 6) is 0.255. The van der Waals surface area contributed by atoms with E-state index in [4.69, 9.17) is 0 Å². The van der Waals surface area contributed by atoms with E-state index in [-0.39, 0.29) is 24.2 Å². The molecule has 3 saturated carbocycles. The molecule has 0 spiro atoms. The highest BCUT2D eigenvalue weighted by molar-refractivity contribution is 5.39. The first kappa shape index (κ1) is 26.9. The number of aliphatic hydroxyl groups is 2. The van der Waals surface area contributed by atoms with Crippen molar-refractivity contribution in [3.63, 3.8) is 0 Å². The molecule has 4 aliphatic rings. The molecule has 35 heavy (non-hydrogen) atoms. The monoisotopic (exact) mass is 495 g/mol. The van der Waals surface area contributed by atoms with E-state index in [0.29, 0.717) is 37.3 Å². The van der Waals surface area contributed by atoms with Gasteiger partial charge in [0, 0.05) is 12.5 Å². The number of likely N-dealkylation sites (tertiary alicyclic amines) is 1. The third kappa shape index (κ3) is 5.45. The maximum atomic E-state index is 13.1. The number of hydrogen-bond acceptors (Lipinski definition) is 3. The number of aliphatic hydroxyl groups excluding tert-OH is 2. The van der Waals surface area contributed by atoms with Gasteiger partial charge >= 0.3 is 6.18 Å². The topological polar surface area (TPSA) is 43.7 Å². The van der Waals surface area contributed by atoms with E-state index in [2.05, 4.69) is 37.5 Å². The van der Waals surface area contributed by atoms with Crippen molar-refractivity contribution in [2.45, 2.75) is 90.5 Å². The molecule has 4 fully saturated rings. The van der Waals surface area contributed by atoms with Gasteiger partial charge in [-0.2, -0.15) is 13.2 Å². The first-order chi connectivity index (χ1) is 16.4. The van der Waals surface area contributed by atoms with E-state index in [1.165, 1.54) is 24.8 Å². The highest BCUT2D eigenvalue weighted by atomic mass is 19.4. The summed E-state index contributed by atoms with van der Waals surface area (Å²) >= 11 is 0. The summed E-state index contributed by atoms with van der Waals surface area (Å²) < 4.78 is 39.2. The van der Waals surface area contributed by atoms with Gasteiger partial charge in [0.2, 0.25) is 0 Å². The zero-order valence-corrected chi connectivity index (χ0v) is 21.7. The molecule has 0 aromatic heterocycles. The molecule has 198 valence electrons. The van der Waals surface area contributed by atoms with Crippen molar-refractivity contribution in [1.29, 1.82) is 0 Å². The SMILES string of the molecule is C=C1/C(=C\C=C2/CCC[C@]3(C)[C@@H]([C@@H](C)CN4CCC(C(F)(F)F)CC4)CC[C@@H]23)C[C@@H](O)[C@H](C)[C@@H]1O. The van der Waals surface area contributed by atoms with Crippen molar-refractivity contribution >= 4 is 0 Å². The normalized spacial score (nSPS) is 40.9. The fraction of sp³-hybridized carbons (Fsp3) is 0.793. The highest BCUT2D eigenvalue weighted by Gasteiger charge is 2.51. The van der Waals surface area contributed by atoms with Gasteiger partial charge in [0.05, 0.1) is 18.1 Å². The van der Waals surface area contributed by atoms with Crippen LogP contribution >= 0.6 is 0 Å². The van der Waals surface area contributed by atoms with Gasteiger partial charge in [0.25, 0.3) is 0 Å². The lowest BCUT2D eigenvalue weighted by atomic mass is 9.61. The van der Waals surface area contributed by atoms with Crippen LogP contribution in [0.25, 0.3) is 0 Å². The second kappa shape index (κ2) is 10.3. The highest BCUT2D eigenvalue weighted by Crippen LogP contribution is 2.59. The van der Waals surface area contributed by atoms with Crippen LogP contribution in [0.5, 0.6) is 0 Å². The number of nitrogens with zero attached hydrogens (tertiary/aromatic N) is 1. The molecule has 1 saturated heterocycles. The molecule has 3 nitrogen and oxygen atoms in total.